The Labute approximate surface area is 193 Å². The number of phenolic OH excluding ortho intramolecular Hbond substituents is 1. The SMILES string of the molecule is Cc1cc(NC(=O)CC(=O)O)cc(C)c1Oc1ccc(O)c(S(=O)(=O)CC2CCCCC2)c1. The summed E-state index contributed by atoms with van der Waals surface area (Å²) in [6.07, 6.45) is 4.31. The van der Waals surface area contributed by atoms with Crippen molar-refractivity contribution in [3.63, 3.8) is 0 Å². The van der Waals surface area contributed by atoms with Gasteiger partial charge >= 0.3 is 5.97 Å². The molecule has 1 fully saturated rings. The number of rotatable bonds is 8. The van der Waals surface area contributed by atoms with Crippen molar-refractivity contribution >= 4 is 27.4 Å². The Bertz CT molecular complexity index is 1130. The summed E-state index contributed by atoms with van der Waals surface area (Å²) >= 11 is 0. The number of ether oxygens (including phenoxy) is 1. The molecule has 0 saturated heterocycles. The number of carbonyl (C=O) groups is 2. The van der Waals surface area contributed by atoms with E-state index in [9.17, 15) is 23.1 Å². The number of aromatic hydroxyl groups is 1. The zero-order valence-corrected chi connectivity index (χ0v) is 19.6. The summed E-state index contributed by atoms with van der Waals surface area (Å²) in [5.41, 5.74) is 1.77. The highest BCUT2D eigenvalue weighted by atomic mass is 32.2. The molecule has 1 saturated carbocycles. The summed E-state index contributed by atoms with van der Waals surface area (Å²) in [4.78, 5) is 22.3. The molecule has 0 aromatic heterocycles. The molecule has 1 aliphatic rings. The molecule has 0 heterocycles. The van der Waals surface area contributed by atoms with Crippen LogP contribution in [0.25, 0.3) is 0 Å². The Morgan fingerprint density at radius 3 is 2.30 bits per heavy atom. The highest BCUT2D eigenvalue weighted by Gasteiger charge is 2.26. The number of aryl methyl sites for hydroxylation is 2. The molecular formula is C24H29NO7S. The lowest BCUT2D eigenvalue weighted by atomic mass is 9.91. The van der Waals surface area contributed by atoms with Crippen molar-refractivity contribution < 1.29 is 33.0 Å². The van der Waals surface area contributed by atoms with Crippen LogP contribution in [-0.2, 0) is 19.4 Å². The third-order valence-electron chi connectivity index (χ3n) is 5.72. The van der Waals surface area contributed by atoms with Gasteiger partial charge in [-0.3, -0.25) is 9.59 Å². The third kappa shape index (κ3) is 6.47. The van der Waals surface area contributed by atoms with E-state index in [1.807, 2.05) is 0 Å². The van der Waals surface area contributed by atoms with Gasteiger partial charge in [-0.25, -0.2) is 8.42 Å². The van der Waals surface area contributed by atoms with Crippen LogP contribution in [0, 0.1) is 19.8 Å². The minimum absolute atomic E-state index is 0.00675. The highest BCUT2D eigenvalue weighted by molar-refractivity contribution is 7.91. The van der Waals surface area contributed by atoms with Crippen LogP contribution in [0.2, 0.25) is 0 Å². The number of hydrogen-bond acceptors (Lipinski definition) is 6. The third-order valence-corrected chi connectivity index (χ3v) is 7.63. The minimum Gasteiger partial charge on any atom is -0.507 e. The molecule has 2 aromatic rings. The molecule has 0 aliphatic heterocycles. The Hall–Kier alpha value is -3.07. The Morgan fingerprint density at radius 2 is 1.70 bits per heavy atom. The first kappa shape index (κ1) is 24.6. The van der Waals surface area contributed by atoms with Gasteiger partial charge in [0.25, 0.3) is 0 Å². The monoisotopic (exact) mass is 475 g/mol. The van der Waals surface area contributed by atoms with Crippen LogP contribution in [0.15, 0.2) is 35.2 Å². The molecule has 3 N–H and O–H groups in total. The molecule has 0 spiro atoms. The van der Waals surface area contributed by atoms with E-state index in [2.05, 4.69) is 5.32 Å². The van der Waals surface area contributed by atoms with Crippen LogP contribution in [0.1, 0.15) is 49.7 Å². The molecule has 0 atom stereocenters. The van der Waals surface area contributed by atoms with E-state index in [4.69, 9.17) is 9.84 Å². The number of hydrogen-bond donors (Lipinski definition) is 3. The van der Waals surface area contributed by atoms with Gasteiger partial charge < -0.3 is 20.3 Å². The molecule has 2 aromatic carbocycles. The number of aliphatic carboxylic acids is 1. The zero-order valence-electron chi connectivity index (χ0n) is 18.8. The first-order chi connectivity index (χ1) is 15.5. The number of carboxylic acids is 1. The van der Waals surface area contributed by atoms with Gasteiger partial charge in [-0.05, 0) is 68.0 Å². The van der Waals surface area contributed by atoms with E-state index >= 15 is 0 Å². The topological polar surface area (TPSA) is 130 Å². The first-order valence-electron chi connectivity index (χ1n) is 10.9. The quantitative estimate of drug-likeness (QED) is 0.477. The van der Waals surface area contributed by atoms with E-state index in [-0.39, 0.29) is 28.1 Å². The molecule has 178 valence electrons. The summed E-state index contributed by atoms with van der Waals surface area (Å²) < 4.78 is 31.9. The van der Waals surface area contributed by atoms with Crippen LogP contribution >= 0.6 is 0 Å². The molecular weight excluding hydrogens is 446 g/mol. The van der Waals surface area contributed by atoms with Gasteiger partial charge in [0, 0.05) is 11.8 Å². The molecule has 0 bridgehead atoms. The Balaban J connectivity index is 1.81. The second-order valence-electron chi connectivity index (χ2n) is 8.57. The summed E-state index contributed by atoms with van der Waals surface area (Å²) in [7, 11) is -3.68. The van der Waals surface area contributed by atoms with Crippen LogP contribution < -0.4 is 10.1 Å². The van der Waals surface area contributed by atoms with Gasteiger partial charge in [0.1, 0.15) is 28.6 Å². The fourth-order valence-corrected chi connectivity index (χ4v) is 6.02. The van der Waals surface area contributed by atoms with Gasteiger partial charge in [0.2, 0.25) is 5.91 Å². The Kier molecular flexibility index (Phi) is 7.63. The van der Waals surface area contributed by atoms with Gasteiger partial charge in [0.15, 0.2) is 9.84 Å². The molecule has 9 heteroatoms. The molecule has 8 nitrogen and oxygen atoms in total. The average Bonchev–Trinajstić information content (AvgIpc) is 2.71. The fraction of sp³-hybridized carbons (Fsp3) is 0.417. The van der Waals surface area contributed by atoms with Crippen molar-refractivity contribution in [3.8, 4) is 17.2 Å². The van der Waals surface area contributed by atoms with Crippen LogP contribution in [0.3, 0.4) is 0 Å². The second kappa shape index (κ2) is 10.2. The predicted molar refractivity (Wildman–Crippen MR) is 124 cm³/mol. The van der Waals surface area contributed by atoms with E-state index in [0.29, 0.717) is 22.6 Å². The van der Waals surface area contributed by atoms with Crippen LogP contribution in [0.5, 0.6) is 17.2 Å². The highest BCUT2D eigenvalue weighted by Crippen LogP contribution is 2.36. The zero-order chi connectivity index (χ0) is 24.2. The standard InChI is InChI=1S/C24H29NO7S/c1-15-10-18(25-22(27)13-23(28)29)11-16(2)24(15)32-19-8-9-20(26)21(12-19)33(30,31)14-17-6-4-3-5-7-17/h8-12,17,26H,3-7,13-14H2,1-2H3,(H,25,27)(H,28,29). The van der Waals surface area contributed by atoms with E-state index in [1.165, 1.54) is 18.2 Å². The summed E-state index contributed by atoms with van der Waals surface area (Å²) in [6.45, 7) is 3.52. The van der Waals surface area contributed by atoms with Crippen LogP contribution in [-0.4, -0.2) is 36.3 Å². The summed E-state index contributed by atoms with van der Waals surface area (Å²) in [5.74, 6) is -1.31. The molecule has 33 heavy (non-hydrogen) atoms. The number of carbonyl (C=O) groups excluding carboxylic acids is 1. The molecule has 1 amide bonds. The lowest BCUT2D eigenvalue weighted by Gasteiger charge is -2.21. The van der Waals surface area contributed by atoms with E-state index < -0.39 is 28.1 Å². The van der Waals surface area contributed by atoms with Gasteiger partial charge in [-0.2, -0.15) is 0 Å². The number of amides is 1. The van der Waals surface area contributed by atoms with Crippen molar-refractivity contribution in [2.45, 2.75) is 57.3 Å². The number of benzene rings is 2. The lowest BCUT2D eigenvalue weighted by molar-refractivity contribution is -0.139. The maximum atomic E-state index is 13.0. The first-order valence-corrected chi connectivity index (χ1v) is 12.6. The predicted octanol–water partition coefficient (Wildman–Crippen LogP) is 4.57. The fourth-order valence-electron chi connectivity index (χ4n) is 4.20. The van der Waals surface area contributed by atoms with Gasteiger partial charge in [-0.15, -0.1) is 0 Å². The number of carboxylic acid groups (broad SMARTS) is 1. The average molecular weight is 476 g/mol. The van der Waals surface area contributed by atoms with Crippen molar-refractivity contribution in [2.24, 2.45) is 5.92 Å². The second-order valence-corrected chi connectivity index (χ2v) is 10.6. The summed E-state index contributed by atoms with van der Waals surface area (Å²) in [6, 6.07) is 7.44. The van der Waals surface area contributed by atoms with Crippen molar-refractivity contribution in [1.82, 2.24) is 0 Å². The summed E-state index contributed by atoms with van der Waals surface area (Å²) in [5, 5.41) is 21.5. The van der Waals surface area contributed by atoms with E-state index in [1.54, 1.807) is 26.0 Å². The maximum Gasteiger partial charge on any atom is 0.312 e. The number of phenols is 1. The van der Waals surface area contributed by atoms with Crippen molar-refractivity contribution in [3.05, 3.63) is 41.5 Å². The van der Waals surface area contributed by atoms with Crippen LogP contribution in [0.4, 0.5) is 5.69 Å². The normalized spacial score (nSPS) is 14.6. The lowest BCUT2D eigenvalue weighted by Crippen LogP contribution is -2.19. The van der Waals surface area contributed by atoms with Gasteiger partial charge in [0.05, 0.1) is 5.75 Å². The van der Waals surface area contributed by atoms with Crippen molar-refractivity contribution in [1.29, 1.82) is 0 Å². The molecule has 1 aliphatic carbocycles. The number of anilines is 1. The minimum atomic E-state index is -3.68. The largest absolute Gasteiger partial charge is 0.507 e. The number of sulfone groups is 1. The Morgan fingerprint density at radius 1 is 1.06 bits per heavy atom. The van der Waals surface area contributed by atoms with Gasteiger partial charge in [-0.1, -0.05) is 19.3 Å². The maximum absolute atomic E-state index is 13.0. The number of nitrogens with one attached hydrogen (secondary N) is 1. The van der Waals surface area contributed by atoms with E-state index in [0.717, 1.165) is 32.1 Å². The van der Waals surface area contributed by atoms with Crippen molar-refractivity contribution in [2.75, 3.05) is 11.1 Å². The molecule has 3 rings (SSSR count). The molecule has 0 unspecified atom stereocenters. The molecule has 0 radical (unpaired) electrons. The smallest absolute Gasteiger partial charge is 0.312 e.